The van der Waals surface area contributed by atoms with Gasteiger partial charge in [0, 0.05) is 26.1 Å². The first-order valence-corrected chi connectivity index (χ1v) is 12.7. The predicted octanol–water partition coefficient (Wildman–Crippen LogP) is 4.74. The van der Waals surface area contributed by atoms with Crippen LogP contribution in [-0.2, 0) is 6.42 Å². The van der Waals surface area contributed by atoms with Crippen LogP contribution in [-0.4, -0.2) is 55.0 Å². The Hall–Kier alpha value is -2.40. The van der Waals surface area contributed by atoms with Gasteiger partial charge in [0.25, 0.3) is 5.91 Å². The average molecular weight is 449 g/mol. The van der Waals surface area contributed by atoms with Crippen LogP contribution in [0.1, 0.15) is 53.1 Å². The summed E-state index contributed by atoms with van der Waals surface area (Å²) in [6, 6.07) is 13.1. The van der Waals surface area contributed by atoms with Crippen LogP contribution in [0.2, 0.25) is 0 Å². The maximum absolute atomic E-state index is 13.5. The maximum atomic E-state index is 13.5. The Morgan fingerprint density at radius 3 is 2.55 bits per heavy atom. The number of nitrogens with zero attached hydrogens (tertiary/aromatic N) is 2. The summed E-state index contributed by atoms with van der Waals surface area (Å²) < 4.78 is 19.1. The highest BCUT2D eigenvalue weighted by Crippen LogP contribution is 2.45. The van der Waals surface area contributed by atoms with E-state index in [2.05, 4.69) is 15.9 Å². The van der Waals surface area contributed by atoms with Gasteiger partial charge in [-0.25, -0.2) is 4.39 Å². The topological polar surface area (TPSA) is 32.8 Å². The first kappa shape index (κ1) is 21.2. The van der Waals surface area contributed by atoms with Gasteiger partial charge in [0.1, 0.15) is 11.6 Å². The first-order chi connectivity index (χ1) is 16.2. The number of halogens is 1. The van der Waals surface area contributed by atoms with Crippen LogP contribution in [0.25, 0.3) is 0 Å². The standard InChI is InChI=1S/C28H33FN2O2/c29-24-8-6-19(7-9-24)20-10-13-30(14-11-20)16-23-17-31(18-26(23)21-4-5-21)28(32)25-3-1-2-22-12-15-33-27(22)25/h1-3,6-9,20-21,23,26H,4-5,10-18H2. The zero-order valence-corrected chi connectivity index (χ0v) is 19.2. The fourth-order valence-electron chi connectivity index (χ4n) is 6.38. The lowest BCUT2D eigenvalue weighted by Gasteiger charge is -2.34. The summed E-state index contributed by atoms with van der Waals surface area (Å²) in [4.78, 5) is 18.2. The summed E-state index contributed by atoms with van der Waals surface area (Å²) in [5.41, 5.74) is 3.18. The number of hydrogen-bond acceptors (Lipinski definition) is 3. The van der Waals surface area contributed by atoms with Gasteiger partial charge >= 0.3 is 0 Å². The molecule has 3 fully saturated rings. The van der Waals surface area contributed by atoms with Gasteiger partial charge in [-0.2, -0.15) is 0 Å². The van der Waals surface area contributed by atoms with Crippen molar-refractivity contribution in [3.05, 3.63) is 65.0 Å². The van der Waals surface area contributed by atoms with Crippen LogP contribution in [0.4, 0.5) is 4.39 Å². The number of para-hydroxylation sites is 1. The van der Waals surface area contributed by atoms with Gasteiger partial charge in [0.05, 0.1) is 12.2 Å². The normalized spacial score (nSPS) is 25.8. The van der Waals surface area contributed by atoms with Gasteiger partial charge in [0.15, 0.2) is 0 Å². The molecule has 6 rings (SSSR count). The molecule has 4 aliphatic rings. The molecule has 1 aliphatic carbocycles. The zero-order chi connectivity index (χ0) is 22.4. The molecule has 0 N–H and O–H groups in total. The monoisotopic (exact) mass is 448 g/mol. The number of carbonyl (C=O) groups excluding carboxylic acids is 1. The van der Waals surface area contributed by atoms with E-state index in [9.17, 15) is 9.18 Å². The van der Waals surface area contributed by atoms with Gasteiger partial charge in [-0.3, -0.25) is 4.79 Å². The van der Waals surface area contributed by atoms with Gasteiger partial charge in [-0.05, 0) is 91.8 Å². The molecule has 33 heavy (non-hydrogen) atoms. The van der Waals surface area contributed by atoms with Gasteiger partial charge in [-0.15, -0.1) is 0 Å². The molecule has 2 unspecified atom stereocenters. The highest BCUT2D eigenvalue weighted by Gasteiger charge is 2.45. The fourth-order valence-corrected chi connectivity index (χ4v) is 6.38. The van der Waals surface area contributed by atoms with Crippen LogP contribution in [0.5, 0.6) is 5.75 Å². The lowest BCUT2D eigenvalue weighted by molar-refractivity contribution is 0.0776. The molecule has 4 nitrogen and oxygen atoms in total. The first-order valence-electron chi connectivity index (χ1n) is 12.7. The van der Waals surface area contributed by atoms with E-state index < -0.39 is 0 Å². The lowest BCUT2D eigenvalue weighted by Crippen LogP contribution is -2.39. The van der Waals surface area contributed by atoms with Crippen molar-refractivity contribution in [1.29, 1.82) is 0 Å². The number of likely N-dealkylation sites (tertiary alicyclic amines) is 2. The lowest BCUT2D eigenvalue weighted by atomic mass is 9.87. The number of piperidine rings is 1. The molecule has 2 atom stereocenters. The van der Waals surface area contributed by atoms with E-state index in [0.717, 1.165) is 69.2 Å². The molecule has 0 bridgehead atoms. The van der Waals surface area contributed by atoms with E-state index in [1.807, 2.05) is 24.3 Å². The van der Waals surface area contributed by atoms with Crippen molar-refractivity contribution < 1.29 is 13.9 Å². The summed E-state index contributed by atoms with van der Waals surface area (Å²) in [6.45, 7) is 5.70. The third kappa shape index (κ3) is 4.28. The molecule has 3 heterocycles. The highest BCUT2D eigenvalue weighted by molar-refractivity contribution is 5.97. The van der Waals surface area contributed by atoms with E-state index in [0.29, 0.717) is 24.4 Å². The quantitative estimate of drug-likeness (QED) is 0.663. The number of hydrogen-bond donors (Lipinski definition) is 0. The van der Waals surface area contributed by atoms with E-state index in [-0.39, 0.29) is 11.7 Å². The van der Waals surface area contributed by atoms with Crippen molar-refractivity contribution in [3.8, 4) is 5.75 Å². The SMILES string of the molecule is O=C(c1cccc2c1OCC2)N1CC(CN2CCC(c3ccc(F)cc3)CC2)C(C2CC2)C1. The Kier molecular flexibility index (Phi) is 5.61. The number of fused-ring (bicyclic) bond motifs is 1. The second-order valence-corrected chi connectivity index (χ2v) is 10.5. The number of carbonyl (C=O) groups is 1. The molecule has 2 saturated heterocycles. The minimum atomic E-state index is -0.158. The van der Waals surface area contributed by atoms with E-state index in [1.165, 1.54) is 24.0 Å². The second kappa shape index (κ2) is 8.75. The molecule has 1 amide bonds. The van der Waals surface area contributed by atoms with Crippen LogP contribution in [0.3, 0.4) is 0 Å². The van der Waals surface area contributed by atoms with Crippen molar-refractivity contribution in [3.63, 3.8) is 0 Å². The molecular formula is C28H33FN2O2. The van der Waals surface area contributed by atoms with E-state index in [4.69, 9.17) is 4.74 Å². The Morgan fingerprint density at radius 2 is 1.79 bits per heavy atom. The third-order valence-electron chi connectivity index (χ3n) is 8.37. The number of amides is 1. The number of rotatable bonds is 5. The molecule has 2 aromatic carbocycles. The summed E-state index contributed by atoms with van der Waals surface area (Å²) in [6.07, 6.45) is 5.79. The van der Waals surface area contributed by atoms with Crippen LogP contribution in [0.15, 0.2) is 42.5 Å². The Balaban J connectivity index is 1.10. The Morgan fingerprint density at radius 1 is 1.00 bits per heavy atom. The molecule has 0 spiro atoms. The summed E-state index contributed by atoms with van der Waals surface area (Å²) in [5.74, 6) is 3.32. The number of benzene rings is 2. The summed E-state index contributed by atoms with van der Waals surface area (Å²) in [5, 5.41) is 0. The van der Waals surface area contributed by atoms with Crippen molar-refractivity contribution in [2.24, 2.45) is 17.8 Å². The van der Waals surface area contributed by atoms with Crippen LogP contribution < -0.4 is 4.74 Å². The summed E-state index contributed by atoms with van der Waals surface area (Å²) >= 11 is 0. The molecule has 1 saturated carbocycles. The molecule has 0 radical (unpaired) electrons. The average Bonchev–Trinajstić information content (AvgIpc) is 3.41. The van der Waals surface area contributed by atoms with Crippen molar-refractivity contribution in [2.45, 2.75) is 38.0 Å². The Bertz CT molecular complexity index is 1010. The summed E-state index contributed by atoms with van der Waals surface area (Å²) in [7, 11) is 0. The van der Waals surface area contributed by atoms with Crippen molar-refractivity contribution in [1.82, 2.24) is 9.80 Å². The molecule has 3 aliphatic heterocycles. The molecule has 0 aromatic heterocycles. The zero-order valence-electron chi connectivity index (χ0n) is 19.2. The molecule has 5 heteroatoms. The Labute approximate surface area is 195 Å². The van der Waals surface area contributed by atoms with Crippen molar-refractivity contribution >= 4 is 5.91 Å². The van der Waals surface area contributed by atoms with Gasteiger partial charge in [-0.1, -0.05) is 24.3 Å². The largest absolute Gasteiger partial charge is 0.492 e. The van der Waals surface area contributed by atoms with E-state index in [1.54, 1.807) is 12.1 Å². The number of ether oxygens (including phenoxy) is 1. The van der Waals surface area contributed by atoms with Gasteiger partial charge < -0.3 is 14.5 Å². The smallest absolute Gasteiger partial charge is 0.257 e. The van der Waals surface area contributed by atoms with Crippen LogP contribution in [0, 0.1) is 23.6 Å². The predicted molar refractivity (Wildman–Crippen MR) is 126 cm³/mol. The minimum Gasteiger partial charge on any atom is -0.492 e. The third-order valence-corrected chi connectivity index (χ3v) is 8.37. The second-order valence-electron chi connectivity index (χ2n) is 10.5. The van der Waals surface area contributed by atoms with E-state index >= 15 is 0 Å². The maximum Gasteiger partial charge on any atom is 0.257 e. The van der Waals surface area contributed by atoms with Crippen LogP contribution >= 0.6 is 0 Å². The molecule has 2 aromatic rings. The highest BCUT2D eigenvalue weighted by atomic mass is 19.1. The van der Waals surface area contributed by atoms with Gasteiger partial charge in [0.2, 0.25) is 0 Å². The molecule has 174 valence electrons. The van der Waals surface area contributed by atoms with Crippen molar-refractivity contribution in [2.75, 3.05) is 39.3 Å². The fraction of sp³-hybridized carbons (Fsp3) is 0.536. The minimum absolute atomic E-state index is 0.150. The molecular weight excluding hydrogens is 415 g/mol.